The molecule has 9 atom stereocenters. The van der Waals surface area contributed by atoms with Crippen molar-refractivity contribution in [2.75, 3.05) is 65.5 Å². The van der Waals surface area contributed by atoms with Crippen LogP contribution >= 0.6 is 0 Å². The molecular weight excluding hydrogens is 761 g/mol. The minimum atomic E-state index is -1.84. The Hall–Kier alpha value is -4.65. The standard InChI is InChI=1S/C48H60N4O8/c1-8-30-22-31-25-47(44(55)58-7,40-33(16-20-51(26-30)27-31)32-14-11-12-15-36(32)49-40)35-23-34-37(24-38(35)57-6)50(5)42-46(34)18-21-52-19-13-17-45(10-3,41(46)52)43(60-29(4)53)48(42,56)28-59-39(54)9-2/h11-15,17,22-24,31,41-43,49,56H,8-10,16,18-21,25-28H2,1-7H3/t31-,41?,42+,43+,45+,46+,47-,48?/m0/s1. The SMILES string of the molecule is CCC(=O)OCC1(O)[C@H](OC(C)=O)[C@]2(CC)C=CCN3CC[C@@]4(c5cc([C@@]6(C(=O)OC)C[C@@H]7C=C(CC)CN(CCc8c6[nH]c6ccccc86)C7)c(OC)cc5N(C)[C@@H]14)C32. The third kappa shape index (κ3) is 5.55. The first kappa shape index (κ1) is 40.7. The van der Waals surface area contributed by atoms with E-state index in [4.69, 9.17) is 18.9 Å². The zero-order chi connectivity index (χ0) is 42.4. The number of carbonyl (C=O) groups excluding carboxylic acids is 3. The minimum Gasteiger partial charge on any atom is -0.496 e. The number of methoxy groups -OCH3 is 2. The van der Waals surface area contributed by atoms with E-state index in [1.54, 1.807) is 14.0 Å². The lowest BCUT2D eigenvalue weighted by atomic mass is 9.47. The van der Waals surface area contributed by atoms with E-state index in [2.05, 4.69) is 76.0 Å². The second kappa shape index (κ2) is 14.8. The molecule has 2 fully saturated rings. The number of benzene rings is 2. The molecule has 1 aromatic heterocycles. The zero-order valence-electron chi connectivity index (χ0n) is 36.1. The summed E-state index contributed by atoms with van der Waals surface area (Å²) in [4.78, 5) is 52.3. The molecule has 1 spiro atoms. The van der Waals surface area contributed by atoms with Gasteiger partial charge in [-0.2, -0.15) is 0 Å². The molecule has 6 heterocycles. The van der Waals surface area contributed by atoms with E-state index in [1.807, 2.05) is 19.2 Å². The maximum Gasteiger partial charge on any atom is 0.322 e. The lowest BCUT2D eigenvalue weighted by molar-refractivity contribution is -0.232. The first-order chi connectivity index (χ1) is 28.9. The number of esters is 3. The number of nitrogens with zero attached hydrogens (tertiary/aromatic N) is 3. The number of para-hydroxylation sites is 1. The van der Waals surface area contributed by atoms with Crippen LogP contribution in [0.1, 0.15) is 82.2 Å². The lowest BCUT2D eigenvalue weighted by Gasteiger charge is -2.64. The molecule has 3 unspecified atom stereocenters. The zero-order valence-corrected chi connectivity index (χ0v) is 36.1. The third-order valence-corrected chi connectivity index (χ3v) is 15.4. The molecule has 1 saturated heterocycles. The van der Waals surface area contributed by atoms with E-state index in [9.17, 15) is 14.7 Å². The Morgan fingerprint density at radius 1 is 1.03 bits per heavy atom. The summed E-state index contributed by atoms with van der Waals surface area (Å²) >= 11 is 0. The Morgan fingerprint density at radius 2 is 1.83 bits per heavy atom. The second-order valence-electron chi connectivity index (χ2n) is 18.2. The van der Waals surface area contributed by atoms with Gasteiger partial charge in [0.25, 0.3) is 0 Å². The second-order valence-corrected chi connectivity index (χ2v) is 18.2. The number of anilines is 1. The maximum absolute atomic E-state index is 15.3. The van der Waals surface area contributed by atoms with E-state index < -0.39 is 45.9 Å². The maximum atomic E-state index is 15.3. The topological polar surface area (TPSA) is 134 Å². The molecule has 1 saturated carbocycles. The third-order valence-electron chi connectivity index (χ3n) is 15.4. The number of ether oxygens (including phenoxy) is 4. The fourth-order valence-corrected chi connectivity index (χ4v) is 13.3. The van der Waals surface area contributed by atoms with Crippen LogP contribution in [0, 0.1) is 11.3 Å². The summed E-state index contributed by atoms with van der Waals surface area (Å²) in [5.74, 6) is -0.751. The average molecular weight is 821 g/mol. The van der Waals surface area contributed by atoms with E-state index in [-0.39, 0.29) is 31.0 Å². The van der Waals surface area contributed by atoms with Crippen molar-refractivity contribution in [2.24, 2.45) is 11.3 Å². The Labute approximate surface area is 352 Å². The molecule has 2 aromatic carbocycles. The van der Waals surface area contributed by atoms with Gasteiger partial charge in [0.05, 0.1) is 20.3 Å². The highest BCUT2D eigenvalue weighted by atomic mass is 16.6. The van der Waals surface area contributed by atoms with Crippen LogP contribution in [0.4, 0.5) is 5.69 Å². The van der Waals surface area contributed by atoms with Gasteiger partial charge >= 0.3 is 17.9 Å². The molecule has 5 aliphatic heterocycles. The molecule has 0 amide bonds. The van der Waals surface area contributed by atoms with Crippen LogP contribution < -0.4 is 9.64 Å². The molecule has 6 aliphatic rings. The molecule has 12 heteroatoms. The number of carbonyl (C=O) groups is 3. The Kier molecular flexibility index (Phi) is 10.0. The monoisotopic (exact) mass is 820 g/mol. The van der Waals surface area contributed by atoms with Crippen molar-refractivity contribution in [3.05, 3.63) is 82.6 Å². The summed E-state index contributed by atoms with van der Waals surface area (Å²) in [5.41, 5.74) is 2.05. The number of aliphatic hydroxyl groups is 1. The number of nitrogens with one attached hydrogen (secondary N) is 1. The van der Waals surface area contributed by atoms with Gasteiger partial charge in [-0.15, -0.1) is 0 Å². The Morgan fingerprint density at radius 3 is 2.55 bits per heavy atom. The van der Waals surface area contributed by atoms with Crippen molar-refractivity contribution in [2.45, 2.75) is 101 Å². The van der Waals surface area contributed by atoms with Gasteiger partial charge in [-0.3, -0.25) is 24.2 Å². The predicted octanol–water partition coefficient (Wildman–Crippen LogP) is 5.58. The van der Waals surface area contributed by atoms with Crippen LogP contribution in [0.25, 0.3) is 10.9 Å². The van der Waals surface area contributed by atoms with Crippen molar-refractivity contribution in [1.82, 2.24) is 14.8 Å². The van der Waals surface area contributed by atoms with Gasteiger partial charge in [-0.25, -0.2) is 0 Å². The summed E-state index contributed by atoms with van der Waals surface area (Å²) in [7, 11) is 5.10. The summed E-state index contributed by atoms with van der Waals surface area (Å²) in [6.45, 7) is 11.0. The van der Waals surface area contributed by atoms with Crippen LogP contribution in [-0.4, -0.2) is 122 Å². The van der Waals surface area contributed by atoms with Crippen molar-refractivity contribution in [1.29, 1.82) is 0 Å². The van der Waals surface area contributed by atoms with Gasteiger partial charge in [-0.05, 0) is 67.8 Å². The first-order valence-corrected chi connectivity index (χ1v) is 21.9. The molecule has 60 heavy (non-hydrogen) atoms. The number of rotatable bonds is 9. The van der Waals surface area contributed by atoms with Crippen molar-refractivity contribution < 1.29 is 38.4 Å². The van der Waals surface area contributed by atoms with E-state index >= 15 is 4.79 Å². The highest BCUT2D eigenvalue weighted by Gasteiger charge is 2.78. The molecular formula is C48H60N4O8. The van der Waals surface area contributed by atoms with Crippen molar-refractivity contribution >= 4 is 34.5 Å². The van der Waals surface area contributed by atoms with Crippen LogP contribution in [0.2, 0.25) is 0 Å². The van der Waals surface area contributed by atoms with Gasteiger partial charge in [-0.1, -0.05) is 62.8 Å². The normalized spacial score (nSPS) is 34.0. The highest BCUT2D eigenvalue weighted by Crippen LogP contribution is 2.68. The Bertz CT molecular complexity index is 2300. The summed E-state index contributed by atoms with van der Waals surface area (Å²) in [5, 5.41) is 14.7. The number of hydrogen-bond donors (Lipinski definition) is 2. The highest BCUT2D eigenvalue weighted by molar-refractivity contribution is 5.94. The van der Waals surface area contributed by atoms with E-state index in [1.165, 1.54) is 19.6 Å². The molecule has 2 bridgehead atoms. The lowest BCUT2D eigenvalue weighted by Crippen LogP contribution is -2.80. The van der Waals surface area contributed by atoms with Gasteiger partial charge in [0.1, 0.15) is 23.9 Å². The number of aromatic nitrogens is 1. The fourth-order valence-electron chi connectivity index (χ4n) is 13.3. The quantitative estimate of drug-likeness (QED) is 0.159. The van der Waals surface area contributed by atoms with Crippen LogP contribution in [0.5, 0.6) is 5.75 Å². The largest absolute Gasteiger partial charge is 0.496 e. The van der Waals surface area contributed by atoms with Crippen molar-refractivity contribution in [3.63, 3.8) is 0 Å². The molecule has 9 rings (SSSR count). The van der Waals surface area contributed by atoms with E-state index in [0.717, 1.165) is 72.4 Å². The molecule has 12 nitrogen and oxygen atoms in total. The molecule has 1 aliphatic carbocycles. The van der Waals surface area contributed by atoms with Gasteiger partial charge in [0.2, 0.25) is 0 Å². The minimum absolute atomic E-state index is 0.0346. The molecule has 2 N–H and O–H groups in total. The number of hydrogen-bond acceptors (Lipinski definition) is 11. The van der Waals surface area contributed by atoms with Gasteiger partial charge < -0.3 is 33.9 Å². The number of fused-ring (bicyclic) bond motifs is 6. The smallest absolute Gasteiger partial charge is 0.322 e. The summed E-state index contributed by atoms with van der Waals surface area (Å²) in [6, 6.07) is 11.6. The summed E-state index contributed by atoms with van der Waals surface area (Å²) in [6.07, 6.45) is 9.11. The summed E-state index contributed by atoms with van der Waals surface area (Å²) < 4.78 is 24.7. The Balaban J connectivity index is 1.35. The predicted molar refractivity (Wildman–Crippen MR) is 228 cm³/mol. The number of aromatic amines is 1. The molecule has 320 valence electrons. The van der Waals surface area contributed by atoms with E-state index in [0.29, 0.717) is 37.1 Å². The number of likely N-dealkylation sites (N-methyl/N-ethyl adjacent to an activating group) is 1. The van der Waals surface area contributed by atoms with Crippen LogP contribution in [-0.2, 0) is 45.8 Å². The van der Waals surface area contributed by atoms with Crippen LogP contribution in [0.15, 0.2) is 60.2 Å². The van der Waals surface area contributed by atoms with Gasteiger partial charge in [0, 0.05) is 97.4 Å². The average Bonchev–Trinajstić information content (AvgIpc) is 3.92. The fraction of sp³-hybridized carbons (Fsp3) is 0.562. The number of H-pyrrole nitrogens is 1. The first-order valence-electron chi connectivity index (χ1n) is 21.9. The molecule has 0 radical (unpaired) electrons. The van der Waals surface area contributed by atoms with Gasteiger partial charge in [0.15, 0.2) is 5.60 Å². The van der Waals surface area contributed by atoms with Crippen LogP contribution in [0.3, 0.4) is 0 Å². The molecule has 3 aromatic rings. The van der Waals surface area contributed by atoms with Crippen molar-refractivity contribution in [3.8, 4) is 5.75 Å².